The maximum Gasteiger partial charge on any atom is 0.264 e. The molecule has 1 N–H and O–H groups in total. The molecular formula is C17H13F2N3O3S. The van der Waals surface area contributed by atoms with E-state index in [1.807, 2.05) is 0 Å². The standard InChI is InChI=1S/C17H13F2N3O3S/c1-2-22-15-13(16(23)21-17(22)26)9(14(18)19)6-10(20-15)8-3-4-11-12(5-8)25-7-24-11/h3-6,14H,2,7H2,1H3,(H,21,23,26). The van der Waals surface area contributed by atoms with E-state index in [9.17, 15) is 13.6 Å². The molecule has 0 atom stereocenters. The number of aromatic nitrogens is 3. The molecule has 0 radical (unpaired) electrons. The Labute approximate surface area is 151 Å². The third kappa shape index (κ3) is 2.55. The van der Waals surface area contributed by atoms with Crippen molar-refractivity contribution in [2.24, 2.45) is 0 Å². The predicted molar refractivity (Wildman–Crippen MR) is 93.4 cm³/mol. The number of aromatic amines is 1. The van der Waals surface area contributed by atoms with Crippen molar-refractivity contribution >= 4 is 23.3 Å². The van der Waals surface area contributed by atoms with Crippen molar-refractivity contribution in [2.75, 3.05) is 6.79 Å². The molecule has 1 aliphatic heterocycles. The first kappa shape index (κ1) is 16.6. The maximum absolute atomic E-state index is 13.7. The van der Waals surface area contributed by atoms with Gasteiger partial charge in [-0.1, -0.05) is 0 Å². The fourth-order valence-electron chi connectivity index (χ4n) is 2.97. The smallest absolute Gasteiger partial charge is 0.264 e. The van der Waals surface area contributed by atoms with E-state index in [0.717, 1.165) is 0 Å². The monoisotopic (exact) mass is 377 g/mol. The van der Waals surface area contributed by atoms with Crippen molar-refractivity contribution in [2.45, 2.75) is 19.9 Å². The van der Waals surface area contributed by atoms with Crippen LogP contribution in [0.5, 0.6) is 11.5 Å². The van der Waals surface area contributed by atoms with Crippen molar-refractivity contribution < 1.29 is 18.3 Å². The quantitative estimate of drug-likeness (QED) is 0.703. The minimum Gasteiger partial charge on any atom is -0.454 e. The number of rotatable bonds is 3. The Morgan fingerprint density at radius 2 is 2.08 bits per heavy atom. The zero-order valence-corrected chi connectivity index (χ0v) is 14.4. The predicted octanol–water partition coefficient (Wildman–Crippen LogP) is 3.81. The van der Waals surface area contributed by atoms with Gasteiger partial charge in [-0.3, -0.25) is 9.78 Å². The van der Waals surface area contributed by atoms with Gasteiger partial charge in [0.25, 0.3) is 12.0 Å². The Balaban J connectivity index is 2.05. The highest BCUT2D eigenvalue weighted by molar-refractivity contribution is 7.71. The zero-order valence-electron chi connectivity index (χ0n) is 13.6. The van der Waals surface area contributed by atoms with Crippen molar-refractivity contribution in [3.8, 4) is 22.8 Å². The molecule has 0 aliphatic carbocycles. The molecular weight excluding hydrogens is 364 g/mol. The molecule has 1 aromatic carbocycles. The number of ether oxygens (including phenoxy) is 2. The van der Waals surface area contributed by atoms with E-state index in [-0.39, 0.29) is 28.2 Å². The highest BCUT2D eigenvalue weighted by Crippen LogP contribution is 2.37. The van der Waals surface area contributed by atoms with Crippen molar-refractivity contribution in [1.82, 2.24) is 14.5 Å². The fourth-order valence-corrected chi connectivity index (χ4v) is 3.28. The van der Waals surface area contributed by atoms with E-state index >= 15 is 0 Å². The van der Waals surface area contributed by atoms with E-state index < -0.39 is 12.0 Å². The molecule has 0 amide bonds. The van der Waals surface area contributed by atoms with Crippen LogP contribution in [0.1, 0.15) is 18.9 Å². The minimum atomic E-state index is -2.84. The summed E-state index contributed by atoms with van der Waals surface area (Å²) in [7, 11) is 0. The van der Waals surface area contributed by atoms with Crippen LogP contribution in [0.4, 0.5) is 8.78 Å². The van der Waals surface area contributed by atoms with Gasteiger partial charge in [0.15, 0.2) is 16.3 Å². The van der Waals surface area contributed by atoms with E-state index in [4.69, 9.17) is 21.7 Å². The average molecular weight is 377 g/mol. The van der Waals surface area contributed by atoms with Crippen LogP contribution in [0.3, 0.4) is 0 Å². The van der Waals surface area contributed by atoms with Crippen LogP contribution >= 0.6 is 12.2 Å². The molecule has 6 nitrogen and oxygen atoms in total. The van der Waals surface area contributed by atoms with Gasteiger partial charge < -0.3 is 14.0 Å². The third-order valence-electron chi connectivity index (χ3n) is 4.20. The highest BCUT2D eigenvalue weighted by Gasteiger charge is 2.21. The van der Waals surface area contributed by atoms with Gasteiger partial charge in [0, 0.05) is 17.7 Å². The number of hydrogen-bond acceptors (Lipinski definition) is 5. The molecule has 0 saturated carbocycles. The van der Waals surface area contributed by atoms with Gasteiger partial charge in [-0.2, -0.15) is 0 Å². The number of benzene rings is 1. The second-order valence-electron chi connectivity index (χ2n) is 5.67. The third-order valence-corrected chi connectivity index (χ3v) is 4.52. The fraction of sp³-hybridized carbons (Fsp3) is 0.235. The van der Waals surface area contributed by atoms with Gasteiger partial charge in [0.1, 0.15) is 5.65 Å². The van der Waals surface area contributed by atoms with Crippen LogP contribution in [0.2, 0.25) is 0 Å². The van der Waals surface area contributed by atoms with Crippen LogP contribution in [0.25, 0.3) is 22.3 Å². The number of H-pyrrole nitrogens is 1. The first-order valence-electron chi connectivity index (χ1n) is 7.85. The number of pyridine rings is 1. The van der Waals surface area contributed by atoms with Crippen LogP contribution in [0, 0.1) is 4.77 Å². The number of fused-ring (bicyclic) bond motifs is 2. The molecule has 2 aromatic heterocycles. The lowest BCUT2D eigenvalue weighted by Gasteiger charge is -2.13. The molecule has 0 unspecified atom stereocenters. The van der Waals surface area contributed by atoms with E-state index in [1.54, 1.807) is 25.1 Å². The summed E-state index contributed by atoms with van der Waals surface area (Å²) >= 11 is 5.14. The van der Waals surface area contributed by atoms with Gasteiger partial charge in [0.05, 0.1) is 11.1 Å². The summed E-state index contributed by atoms with van der Waals surface area (Å²) in [6.07, 6.45) is -2.84. The van der Waals surface area contributed by atoms with Gasteiger partial charge >= 0.3 is 0 Å². The van der Waals surface area contributed by atoms with E-state index in [0.29, 0.717) is 29.3 Å². The number of nitrogens with zero attached hydrogens (tertiary/aromatic N) is 2. The molecule has 134 valence electrons. The Kier molecular flexibility index (Phi) is 3.95. The van der Waals surface area contributed by atoms with Gasteiger partial charge in [-0.25, -0.2) is 13.8 Å². The molecule has 3 aromatic rings. The summed E-state index contributed by atoms with van der Waals surface area (Å²) in [5.74, 6) is 1.10. The second-order valence-corrected chi connectivity index (χ2v) is 6.05. The molecule has 0 spiro atoms. The summed E-state index contributed by atoms with van der Waals surface area (Å²) in [5, 5.41) is -0.153. The summed E-state index contributed by atoms with van der Waals surface area (Å²) in [6, 6.07) is 6.29. The van der Waals surface area contributed by atoms with Crippen molar-refractivity contribution in [3.63, 3.8) is 0 Å². The van der Waals surface area contributed by atoms with Crippen LogP contribution in [-0.2, 0) is 6.54 Å². The number of hydrogen-bond donors (Lipinski definition) is 1. The number of halogens is 2. The number of aryl methyl sites for hydroxylation is 1. The molecule has 1 aliphatic rings. The SMILES string of the molecule is CCn1c(=S)[nH]c(=O)c2c(C(F)F)cc(-c3ccc4c(c3)OCO4)nc21. The van der Waals surface area contributed by atoms with Gasteiger partial charge in [-0.15, -0.1) is 0 Å². The van der Waals surface area contributed by atoms with Crippen LogP contribution < -0.4 is 15.0 Å². The minimum absolute atomic E-state index is 0.108. The summed E-state index contributed by atoms with van der Waals surface area (Å²) in [6.45, 7) is 2.29. The normalized spacial score (nSPS) is 12.9. The second kappa shape index (κ2) is 6.17. The van der Waals surface area contributed by atoms with Gasteiger partial charge in [-0.05, 0) is 43.4 Å². The zero-order chi connectivity index (χ0) is 18.4. The van der Waals surface area contributed by atoms with E-state index in [2.05, 4.69) is 9.97 Å². The summed E-state index contributed by atoms with van der Waals surface area (Å²) < 4.78 is 39.6. The maximum atomic E-state index is 13.7. The van der Waals surface area contributed by atoms with Crippen LogP contribution in [0.15, 0.2) is 29.1 Å². The topological polar surface area (TPSA) is 69.1 Å². The van der Waals surface area contributed by atoms with Crippen molar-refractivity contribution in [3.05, 3.63) is 45.0 Å². The summed E-state index contributed by atoms with van der Waals surface area (Å²) in [4.78, 5) is 19.1. The van der Waals surface area contributed by atoms with Crippen molar-refractivity contribution in [1.29, 1.82) is 0 Å². The largest absolute Gasteiger partial charge is 0.454 e. The lowest BCUT2D eigenvalue weighted by molar-refractivity contribution is 0.153. The molecule has 26 heavy (non-hydrogen) atoms. The van der Waals surface area contributed by atoms with Gasteiger partial charge in [0.2, 0.25) is 6.79 Å². The molecule has 0 saturated heterocycles. The Hall–Kier alpha value is -2.81. The Morgan fingerprint density at radius 3 is 2.81 bits per heavy atom. The van der Waals surface area contributed by atoms with E-state index in [1.165, 1.54) is 10.6 Å². The molecule has 0 fully saturated rings. The molecule has 0 bridgehead atoms. The Bertz CT molecular complexity index is 1140. The molecule has 3 heterocycles. The number of nitrogens with one attached hydrogen (secondary N) is 1. The Morgan fingerprint density at radius 1 is 1.31 bits per heavy atom. The summed E-state index contributed by atoms with van der Waals surface area (Å²) in [5.41, 5.74) is -0.0530. The first-order valence-corrected chi connectivity index (χ1v) is 8.26. The van der Waals surface area contributed by atoms with Crippen LogP contribution in [-0.4, -0.2) is 21.3 Å². The number of alkyl halides is 2. The average Bonchev–Trinajstić information content (AvgIpc) is 3.08. The lowest BCUT2D eigenvalue weighted by atomic mass is 10.1. The highest BCUT2D eigenvalue weighted by atomic mass is 32.1. The molecule has 4 rings (SSSR count). The lowest BCUT2D eigenvalue weighted by Crippen LogP contribution is -2.17. The first-order chi connectivity index (χ1) is 12.5. The molecule has 9 heteroatoms.